The van der Waals surface area contributed by atoms with Crippen LogP contribution in [0.4, 0.5) is 0 Å². The van der Waals surface area contributed by atoms with Gasteiger partial charge in [-0.25, -0.2) is 13.9 Å². The van der Waals surface area contributed by atoms with Crippen molar-refractivity contribution in [1.82, 2.24) is 15.4 Å². The van der Waals surface area contributed by atoms with Crippen molar-refractivity contribution in [2.45, 2.75) is 24.7 Å². The van der Waals surface area contributed by atoms with Crippen LogP contribution in [0.1, 0.15) is 30.1 Å². The second-order valence-electron chi connectivity index (χ2n) is 7.70. The standard InChI is InChI=1S/C23H25N3O6S/c1-2-3-15-32-19-6-8-20(9-7-19)33(30,31)17-23(22(28)25-29)10-13-26(14-11-23)21(27)18-5-4-12-24-16-18/h4-9,12,16,29H,10-11,13-15,17H2,1H3,(H,25,28). The van der Waals surface area contributed by atoms with E-state index in [0.717, 1.165) is 0 Å². The molecular formula is C23H25N3O6S. The first-order valence-corrected chi connectivity index (χ1v) is 12.0. The van der Waals surface area contributed by atoms with Gasteiger partial charge in [-0.2, -0.15) is 0 Å². The van der Waals surface area contributed by atoms with Crippen LogP contribution >= 0.6 is 0 Å². The lowest BCUT2D eigenvalue weighted by atomic mass is 9.79. The number of carbonyl (C=O) groups is 2. The average Bonchev–Trinajstić information content (AvgIpc) is 2.84. The van der Waals surface area contributed by atoms with Crippen molar-refractivity contribution in [2.24, 2.45) is 5.41 Å². The molecule has 2 heterocycles. The molecular weight excluding hydrogens is 446 g/mol. The Morgan fingerprint density at radius 3 is 2.48 bits per heavy atom. The number of hydrogen-bond donors (Lipinski definition) is 2. The zero-order chi connectivity index (χ0) is 23.9. The van der Waals surface area contributed by atoms with E-state index in [1.165, 1.54) is 30.5 Å². The summed E-state index contributed by atoms with van der Waals surface area (Å²) in [5.41, 5.74) is 0.657. The number of nitrogens with zero attached hydrogens (tertiary/aromatic N) is 2. The topological polar surface area (TPSA) is 126 Å². The molecule has 0 radical (unpaired) electrons. The molecule has 3 rings (SSSR count). The number of likely N-dealkylation sites (tertiary alicyclic amines) is 1. The van der Waals surface area contributed by atoms with Gasteiger partial charge in [-0.1, -0.05) is 5.92 Å². The van der Waals surface area contributed by atoms with E-state index in [9.17, 15) is 23.2 Å². The van der Waals surface area contributed by atoms with Crippen molar-refractivity contribution in [3.8, 4) is 17.6 Å². The van der Waals surface area contributed by atoms with Gasteiger partial charge < -0.3 is 9.64 Å². The molecule has 0 unspecified atom stereocenters. The van der Waals surface area contributed by atoms with Crippen molar-refractivity contribution in [1.29, 1.82) is 0 Å². The Labute approximate surface area is 192 Å². The van der Waals surface area contributed by atoms with Crippen LogP contribution < -0.4 is 10.2 Å². The summed E-state index contributed by atoms with van der Waals surface area (Å²) < 4.78 is 31.6. The van der Waals surface area contributed by atoms with E-state index in [2.05, 4.69) is 16.8 Å². The van der Waals surface area contributed by atoms with Crippen LogP contribution in [-0.4, -0.2) is 60.8 Å². The number of ether oxygens (including phenoxy) is 1. The van der Waals surface area contributed by atoms with Crippen LogP contribution in [0.5, 0.6) is 5.75 Å². The summed E-state index contributed by atoms with van der Waals surface area (Å²) in [6.45, 7) is 2.22. The highest BCUT2D eigenvalue weighted by Gasteiger charge is 2.46. The molecule has 9 nitrogen and oxygen atoms in total. The highest BCUT2D eigenvalue weighted by atomic mass is 32.2. The van der Waals surface area contributed by atoms with Gasteiger partial charge in [0.15, 0.2) is 9.84 Å². The van der Waals surface area contributed by atoms with Crippen LogP contribution in [0.15, 0.2) is 53.7 Å². The van der Waals surface area contributed by atoms with Crippen molar-refractivity contribution in [3.63, 3.8) is 0 Å². The number of pyridine rings is 1. The van der Waals surface area contributed by atoms with Gasteiger partial charge in [0.2, 0.25) is 0 Å². The summed E-state index contributed by atoms with van der Waals surface area (Å²) in [5.74, 6) is 4.41. The lowest BCUT2D eigenvalue weighted by Gasteiger charge is -2.39. The lowest BCUT2D eigenvalue weighted by Crippen LogP contribution is -2.52. The molecule has 1 fully saturated rings. The van der Waals surface area contributed by atoms with Crippen molar-refractivity contribution in [2.75, 3.05) is 25.4 Å². The molecule has 0 bridgehead atoms. The van der Waals surface area contributed by atoms with Crippen molar-refractivity contribution in [3.05, 3.63) is 54.4 Å². The maximum atomic E-state index is 13.1. The summed E-state index contributed by atoms with van der Waals surface area (Å²) in [5, 5.41) is 9.30. The van der Waals surface area contributed by atoms with Crippen LogP contribution in [-0.2, 0) is 14.6 Å². The van der Waals surface area contributed by atoms with Gasteiger partial charge >= 0.3 is 0 Å². The molecule has 0 aliphatic carbocycles. The zero-order valence-corrected chi connectivity index (χ0v) is 19.0. The second-order valence-corrected chi connectivity index (χ2v) is 9.69. The van der Waals surface area contributed by atoms with Crippen molar-refractivity contribution >= 4 is 21.7 Å². The molecule has 0 atom stereocenters. The summed E-state index contributed by atoms with van der Waals surface area (Å²) in [6, 6.07) is 9.17. The van der Waals surface area contributed by atoms with Gasteiger partial charge in [0, 0.05) is 25.5 Å². The van der Waals surface area contributed by atoms with Gasteiger partial charge in [0.25, 0.3) is 11.8 Å². The van der Waals surface area contributed by atoms with Gasteiger partial charge in [-0.05, 0) is 56.2 Å². The molecule has 1 aromatic carbocycles. The summed E-state index contributed by atoms with van der Waals surface area (Å²) in [6.07, 6.45) is 3.19. The Morgan fingerprint density at radius 2 is 1.91 bits per heavy atom. The number of sulfone groups is 1. The molecule has 1 aliphatic rings. The predicted molar refractivity (Wildman–Crippen MR) is 119 cm³/mol. The number of carbonyl (C=O) groups excluding carboxylic acids is 2. The number of piperidine rings is 1. The fourth-order valence-electron chi connectivity index (χ4n) is 3.75. The number of hydroxylamine groups is 1. The molecule has 2 amide bonds. The first-order chi connectivity index (χ1) is 15.8. The Bertz CT molecular complexity index is 1150. The van der Waals surface area contributed by atoms with Crippen LogP contribution in [0.25, 0.3) is 0 Å². The minimum Gasteiger partial charge on any atom is -0.481 e. The Morgan fingerprint density at radius 1 is 1.21 bits per heavy atom. The number of aromatic nitrogens is 1. The quantitative estimate of drug-likeness (QED) is 0.357. The van der Waals surface area contributed by atoms with E-state index < -0.39 is 26.9 Å². The minimum absolute atomic E-state index is 0.0374. The fourth-order valence-corrected chi connectivity index (χ4v) is 5.61. The predicted octanol–water partition coefficient (Wildman–Crippen LogP) is 1.69. The van der Waals surface area contributed by atoms with Crippen LogP contribution in [0, 0.1) is 17.3 Å². The van der Waals surface area contributed by atoms with Gasteiger partial charge in [-0.15, -0.1) is 5.92 Å². The van der Waals surface area contributed by atoms with Crippen LogP contribution in [0.3, 0.4) is 0 Å². The molecule has 2 N–H and O–H groups in total. The highest BCUT2D eigenvalue weighted by Crippen LogP contribution is 2.36. The highest BCUT2D eigenvalue weighted by molar-refractivity contribution is 7.91. The smallest absolute Gasteiger partial charge is 0.255 e. The molecule has 1 saturated heterocycles. The monoisotopic (exact) mass is 471 g/mol. The molecule has 33 heavy (non-hydrogen) atoms. The zero-order valence-electron chi connectivity index (χ0n) is 18.2. The Hall–Kier alpha value is -3.42. The first-order valence-electron chi connectivity index (χ1n) is 10.3. The van der Waals surface area contributed by atoms with E-state index in [-0.39, 0.29) is 43.3 Å². The van der Waals surface area contributed by atoms with Gasteiger partial charge in [-0.3, -0.25) is 19.8 Å². The summed E-state index contributed by atoms with van der Waals surface area (Å²) in [7, 11) is -3.87. The minimum atomic E-state index is -3.87. The van der Waals surface area contributed by atoms with Crippen LogP contribution in [0.2, 0.25) is 0 Å². The van der Waals surface area contributed by atoms with E-state index >= 15 is 0 Å². The van der Waals surface area contributed by atoms with E-state index in [0.29, 0.717) is 11.3 Å². The number of amides is 2. The molecule has 1 aromatic heterocycles. The van der Waals surface area contributed by atoms with E-state index in [1.807, 2.05) is 0 Å². The molecule has 2 aromatic rings. The second kappa shape index (κ2) is 10.5. The molecule has 174 valence electrons. The molecule has 0 spiro atoms. The summed E-state index contributed by atoms with van der Waals surface area (Å²) in [4.78, 5) is 30.8. The number of hydrogen-bond acceptors (Lipinski definition) is 7. The maximum Gasteiger partial charge on any atom is 0.255 e. The Balaban J connectivity index is 1.74. The fraction of sp³-hybridized carbons (Fsp3) is 0.348. The summed E-state index contributed by atoms with van der Waals surface area (Å²) >= 11 is 0. The van der Waals surface area contributed by atoms with E-state index in [4.69, 9.17) is 4.74 Å². The largest absolute Gasteiger partial charge is 0.481 e. The molecule has 0 saturated carbocycles. The molecule has 10 heteroatoms. The average molecular weight is 472 g/mol. The van der Waals surface area contributed by atoms with Crippen molar-refractivity contribution < 1.29 is 28.0 Å². The SMILES string of the molecule is CC#CCOc1ccc(S(=O)(=O)CC2(C(=O)NO)CCN(C(=O)c3cccnc3)CC2)cc1. The van der Waals surface area contributed by atoms with Gasteiger partial charge in [0.1, 0.15) is 12.4 Å². The third-order valence-electron chi connectivity index (χ3n) is 5.64. The number of benzene rings is 1. The van der Waals surface area contributed by atoms with Gasteiger partial charge in [0.05, 0.1) is 21.6 Å². The lowest BCUT2D eigenvalue weighted by molar-refractivity contribution is -0.141. The normalized spacial score (nSPS) is 15.2. The first kappa shape index (κ1) is 24.2. The maximum absolute atomic E-state index is 13.1. The third kappa shape index (κ3) is 5.69. The third-order valence-corrected chi connectivity index (χ3v) is 7.56. The van der Waals surface area contributed by atoms with E-state index in [1.54, 1.807) is 35.6 Å². The number of nitrogens with one attached hydrogen (secondary N) is 1. The Kier molecular flexibility index (Phi) is 7.68. The molecule has 1 aliphatic heterocycles. The number of rotatable bonds is 7.